The molecule has 0 aliphatic heterocycles. The molecule has 0 fully saturated rings. The quantitative estimate of drug-likeness (QED) is 0.0237. The molecule has 6 unspecified atom stereocenters. The number of hydrogen-bond donors (Lipinski definition) is 0. The van der Waals surface area contributed by atoms with Crippen molar-refractivity contribution in [2.45, 2.75) is 256 Å². The number of phosphoric acid groups is 3. The zero-order valence-corrected chi connectivity index (χ0v) is 62.6. The van der Waals surface area contributed by atoms with Gasteiger partial charge in [-0.25, -0.2) is 13.7 Å². The molecule has 0 aromatic heterocycles. The van der Waals surface area contributed by atoms with Crippen LogP contribution in [0.25, 0.3) is 0 Å². The Morgan fingerprint density at radius 3 is 0.851 bits per heavy atom. The van der Waals surface area contributed by atoms with Gasteiger partial charge in [-0.1, -0.05) is 191 Å². The summed E-state index contributed by atoms with van der Waals surface area (Å²) in [6.45, 7) is 24.6. The summed E-state index contributed by atoms with van der Waals surface area (Å²) in [7, 11) is -13.7. The third-order valence-electron chi connectivity index (χ3n) is 18.5. The molecular weight excluding hydrogens is 1250 g/mol. The van der Waals surface area contributed by atoms with Gasteiger partial charge in [0.25, 0.3) is 0 Å². The molecule has 9 rings (SSSR count). The van der Waals surface area contributed by atoms with Gasteiger partial charge in [0.2, 0.25) is 0 Å². The van der Waals surface area contributed by atoms with Crippen LogP contribution in [-0.4, -0.2) is 17.4 Å². The van der Waals surface area contributed by atoms with Gasteiger partial charge >= 0.3 is 40.8 Å². The van der Waals surface area contributed by atoms with Gasteiger partial charge in [0.1, 0.15) is 34.5 Å². The molecule has 0 amide bonds. The standard InChI is InChI=1S/3C26H37O4P.Al/c3*1-5-7-8-10-22-12-14-25(19(3)15-22)29-31(27,28)30-26-20(4)16-23-17-21(9-6-2)11-13-24(26)18-23;/h3*12,14-16,18,21H,5-11,13,17H2,1-4H3,(H,27,28);/q;;;+3/p-3. The molecule has 0 spiro atoms. The van der Waals surface area contributed by atoms with Crippen LogP contribution in [-0.2, 0) is 71.5 Å². The van der Waals surface area contributed by atoms with Gasteiger partial charge in [-0.2, -0.15) is 0 Å². The molecule has 6 atom stereocenters. The van der Waals surface area contributed by atoms with Crippen LogP contribution in [0.3, 0.4) is 0 Å². The van der Waals surface area contributed by atoms with Crippen LogP contribution >= 0.6 is 23.5 Å². The van der Waals surface area contributed by atoms with Crippen LogP contribution in [0.15, 0.2) is 91.0 Å². The number of unbranched alkanes of at least 4 members (excludes halogenated alkanes) is 6. The van der Waals surface area contributed by atoms with Crippen molar-refractivity contribution in [1.29, 1.82) is 0 Å². The molecule has 6 bridgehead atoms. The summed E-state index contributed by atoms with van der Waals surface area (Å²) in [5.41, 5.74) is 15.3. The van der Waals surface area contributed by atoms with E-state index in [-0.39, 0.29) is 17.4 Å². The number of hydrogen-bond acceptors (Lipinski definition) is 12. The molecule has 0 heterocycles. The molecule has 3 aliphatic rings. The summed E-state index contributed by atoms with van der Waals surface area (Å²) in [4.78, 5) is 38.3. The molecule has 0 radical (unpaired) electrons. The Kier molecular flexibility index (Phi) is 31.5. The summed E-state index contributed by atoms with van der Waals surface area (Å²) in [6.07, 6.45) is 29.4. The monoisotopic (exact) mass is 1360 g/mol. The maximum Gasteiger partial charge on any atom is 3.00 e. The van der Waals surface area contributed by atoms with Crippen molar-refractivity contribution >= 4 is 40.8 Å². The fourth-order valence-corrected chi connectivity index (χ4v) is 16.7. The van der Waals surface area contributed by atoms with E-state index in [0.29, 0.717) is 52.3 Å². The van der Waals surface area contributed by atoms with E-state index in [9.17, 15) is 28.4 Å². The SMILES string of the molecule is CCCCCc1ccc(OP(=O)([O-])Oc2c(C)cc3cc2CCC(CCC)C3)c(C)c1.CCCCCc1ccc(OP(=O)([O-])Oc2c(C)cc3cc2CCC(CCC)C3)c(C)c1.CCCCCc1ccc(OP(=O)([O-])Oc2c(C)cc3cc2CCC(CCC)C3)c(C)c1.[Al+3]. The molecule has 94 heavy (non-hydrogen) atoms. The minimum atomic E-state index is -4.55. The van der Waals surface area contributed by atoms with Crippen LogP contribution in [0, 0.1) is 59.3 Å². The maximum atomic E-state index is 12.8. The van der Waals surface area contributed by atoms with Crippen molar-refractivity contribution in [3.05, 3.63) is 174 Å². The van der Waals surface area contributed by atoms with Gasteiger partial charge in [-0.05, 0) is 257 Å². The van der Waals surface area contributed by atoms with Gasteiger partial charge in [-0.15, -0.1) is 0 Å². The Morgan fingerprint density at radius 2 is 0.617 bits per heavy atom. The molecule has 510 valence electrons. The van der Waals surface area contributed by atoms with Crippen LogP contribution in [0.4, 0.5) is 0 Å². The molecule has 6 aromatic carbocycles. The first-order chi connectivity index (χ1) is 44.4. The second-order valence-electron chi connectivity index (χ2n) is 27.0. The maximum absolute atomic E-state index is 12.8. The third-order valence-corrected chi connectivity index (χ3v) is 21.0. The fourth-order valence-electron chi connectivity index (χ4n) is 13.8. The van der Waals surface area contributed by atoms with Crippen molar-refractivity contribution in [1.82, 2.24) is 0 Å². The average molecular weight is 1360 g/mol. The minimum Gasteiger partial charge on any atom is -0.736 e. The fraction of sp³-hybridized carbons (Fsp3) is 0.538. The van der Waals surface area contributed by atoms with E-state index in [1.54, 1.807) is 18.2 Å². The van der Waals surface area contributed by atoms with Gasteiger partial charge in [-0.3, -0.25) is 0 Å². The normalized spacial score (nSPS) is 17.5. The third kappa shape index (κ3) is 24.3. The molecular formula is C78H108AlO12P3. The first-order valence-electron chi connectivity index (χ1n) is 35.2. The predicted molar refractivity (Wildman–Crippen MR) is 380 cm³/mol. The molecule has 16 heteroatoms. The van der Waals surface area contributed by atoms with E-state index in [2.05, 4.69) is 77.9 Å². The molecule has 0 saturated heterocycles. The van der Waals surface area contributed by atoms with E-state index in [1.807, 2.05) is 77.9 Å². The predicted octanol–water partition coefficient (Wildman–Crippen LogP) is 20.2. The first kappa shape index (κ1) is 78.2. The minimum absolute atomic E-state index is 0. The van der Waals surface area contributed by atoms with E-state index in [4.69, 9.17) is 27.1 Å². The zero-order chi connectivity index (χ0) is 67.3. The van der Waals surface area contributed by atoms with E-state index < -0.39 is 23.5 Å². The van der Waals surface area contributed by atoms with Gasteiger partial charge in [0, 0.05) is 0 Å². The average Bonchev–Trinajstić information content (AvgIpc) is 1.39. The summed E-state index contributed by atoms with van der Waals surface area (Å²) >= 11 is 0. The Hall–Kier alpha value is -4.78. The summed E-state index contributed by atoms with van der Waals surface area (Å²) in [5.74, 6) is 4.25. The summed E-state index contributed by atoms with van der Waals surface area (Å²) in [5, 5.41) is 0. The molecule has 0 saturated carbocycles. The number of aryl methyl sites for hydroxylation is 12. The van der Waals surface area contributed by atoms with Crippen molar-refractivity contribution in [3.8, 4) is 34.5 Å². The van der Waals surface area contributed by atoms with E-state index in [1.165, 1.54) is 110 Å². The van der Waals surface area contributed by atoms with Crippen LogP contribution < -0.4 is 41.8 Å². The van der Waals surface area contributed by atoms with E-state index >= 15 is 0 Å². The van der Waals surface area contributed by atoms with Crippen molar-refractivity contribution in [2.24, 2.45) is 17.8 Å². The number of fused-ring (bicyclic) bond motifs is 6. The first-order valence-corrected chi connectivity index (χ1v) is 39.6. The molecule has 3 aliphatic carbocycles. The second kappa shape index (κ2) is 37.8. The van der Waals surface area contributed by atoms with Crippen molar-refractivity contribution in [3.63, 3.8) is 0 Å². The zero-order valence-electron chi connectivity index (χ0n) is 58.8. The van der Waals surface area contributed by atoms with E-state index in [0.717, 1.165) is 146 Å². The second-order valence-corrected chi connectivity index (χ2v) is 30.7. The van der Waals surface area contributed by atoms with Gasteiger partial charge in [0.15, 0.2) is 0 Å². The Balaban J connectivity index is 0.000000222. The van der Waals surface area contributed by atoms with Crippen LogP contribution in [0.2, 0.25) is 0 Å². The largest absolute Gasteiger partial charge is 3.00 e. The molecule has 12 nitrogen and oxygen atoms in total. The topological polar surface area (TPSA) is 176 Å². The van der Waals surface area contributed by atoms with Gasteiger partial charge in [0.05, 0.1) is 0 Å². The summed E-state index contributed by atoms with van der Waals surface area (Å²) < 4.78 is 71.1. The number of rotatable bonds is 30. The van der Waals surface area contributed by atoms with Crippen molar-refractivity contribution < 1.29 is 55.5 Å². The number of benzene rings is 6. The Morgan fingerprint density at radius 1 is 0.351 bits per heavy atom. The number of phosphoric ester groups is 3. The van der Waals surface area contributed by atoms with Crippen LogP contribution in [0.1, 0.15) is 241 Å². The Labute approximate surface area is 576 Å². The van der Waals surface area contributed by atoms with Gasteiger partial charge < -0.3 is 41.8 Å². The molecule has 6 aromatic rings. The van der Waals surface area contributed by atoms with Crippen molar-refractivity contribution in [2.75, 3.05) is 0 Å². The van der Waals surface area contributed by atoms with Crippen LogP contribution in [0.5, 0.6) is 34.5 Å². The Bertz CT molecular complexity index is 3180. The molecule has 0 N–H and O–H groups in total. The summed E-state index contributed by atoms with van der Waals surface area (Å²) in [6, 6.07) is 29.6. The smallest absolute Gasteiger partial charge is 0.736 e.